The Morgan fingerprint density at radius 1 is 1.27 bits per heavy atom. The molecule has 0 aliphatic carbocycles. The van der Waals surface area contributed by atoms with Gasteiger partial charge in [-0.3, -0.25) is 0 Å². The van der Waals surface area contributed by atoms with E-state index in [0.717, 1.165) is 23.8 Å². The number of nitrogen functional groups attached to an aromatic ring is 1. The van der Waals surface area contributed by atoms with Crippen LogP contribution in [0.15, 0.2) is 0 Å². The number of rotatable bonds is 3. The molecule has 1 rings (SSSR count). The van der Waals surface area contributed by atoms with Crippen molar-refractivity contribution in [3.8, 4) is 0 Å². The number of hydrogen-bond donors (Lipinski definition) is 1. The Morgan fingerprint density at radius 2 is 1.87 bits per heavy atom. The lowest BCUT2D eigenvalue weighted by Crippen LogP contribution is -2.25. The van der Waals surface area contributed by atoms with E-state index in [0.29, 0.717) is 11.7 Å². The smallest absolute Gasteiger partial charge is 0.137 e. The van der Waals surface area contributed by atoms with Crippen LogP contribution < -0.4 is 10.6 Å². The second kappa shape index (κ2) is 4.47. The topological polar surface area (TPSA) is 55.0 Å². The first kappa shape index (κ1) is 11.8. The average molecular weight is 208 g/mol. The molecule has 1 heterocycles. The van der Waals surface area contributed by atoms with E-state index in [1.165, 1.54) is 0 Å². The number of nitrogens with two attached hydrogens (primary N) is 1. The molecule has 84 valence electrons. The summed E-state index contributed by atoms with van der Waals surface area (Å²) in [7, 11) is 2.04. The Hall–Kier alpha value is -1.32. The molecule has 4 nitrogen and oxygen atoms in total. The minimum Gasteiger partial charge on any atom is -0.383 e. The zero-order valence-electron chi connectivity index (χ0n) is 10.2. The van der Waals surface area contributed by atoms with Gasteiger partial charge >= 0.3 is 0 Å². The van der Waals surface area contributed by atoms with Gasteiger partial charge in [0.05, 0.1) is 0 Å². The maximum atomic E-state index is 5.81. The third kappa shape index (κ3) is 2.81. The summed E-state index contributed by atoms with van der Waals surface area (Å²) in [6, 6.07) is 0. The fourth-order valence-electron chi connectivity index (χ4n) is 1.64. The van der Waals surface area contributed by atoms with Crippen LogP contribution >= 0.6 is 0 Å². The van der Waals surface area contributed by atoms with Gasteiger partial charge in [0.25, 0.3) is 0 Å². The fourth-order valence-corrected chi connectivity index (χ4v) is 1.64. The van der Waals surface area contributed by atoms with Gasteiger partial charge in [0.2, 0.25) is 0 Å². The summed E-state index contributed by atoms with van der Waals surface area (Å²) in [4.78, 5) is 10.7. The standard InChI is InChI=1S/C11H20N4/c1-7(2)6-15(5)11-8(3)10(12)13-9(4)14-11/h7H,6H2,1-5H3,(H2,12,13,14). The van der Waals surface area contributed by atoms with Crippen LogP contribution in [0.1, 0.15) is 25.2 Å². The molecule has 4 heteroatoms. The zero-order valence-corrected chi connectivity index (χ0v) is 10.2. The Balaban J connectivity index is 3.02. The molecule has 0 unspecified atom stereocenters. The molecule has 0 amide bonds. The van der Waals surface area contributed by atoms with E-state index in [2.05, 4.69) is 28.7 Å². The monoisotopic (exact) mass is 208 g/mol. The summed E-state index contributed by atoms with van der Waals surface area (Å²) in [5.41, 5.74) is 6.77. The lowest BCUT2D eigenvalue weighted by molar-refractivity contribution is 0.632. The van der Waals surface area contributed by atoms with Gasteiger partial charge in [-0.25, -0.2) is 9.97 Å². The van der Waals surface area contributed by atoms with Crippen molar-refractivity contribution >= 4 is 11.6 Å². The van der Waals surface area contributed by atoms with Crippen molar-refractivity contribution in [2.45, 2.75) is 27.7 Å². The molecule has 1 aromatic heterocycles. The van der Waals surface area contributed by atoms with Crippen molar-refractivity contribution < 1.29 is 0 Å². The maximum Gasteiger partial charge on any atom is 0.137 e. The lowest BCUT2D eigenvalue weighted by atomic mass is 10.2. The summed E-state index contributed by atoms with van der Waals surface area (Å²) in [5.74, 6) is 2.84. The Labute approximate surface area is 91.5 Å². The van der Waals surface area contributed by atoms with Gasteiger partial charge < -0.3 is 10.6 Å². The van der Waals surface area contributed by atoms with E-state index in [1.807, 2.05) is 20.9 Å². The molecule has 0 fully saturated rings. The highest BCUT2D eigenvalue weighted by Crippen LogP contribution is 2.20. The number of aromatic nitrogens is 2. The van der Waals surface area contributed by atoms with E-state index in [9.17, 15) is 0 Å². The number of aryl methyl sites for hydroxylation is 1. The second-order valence-electron chi connectivity index (χ2n) is 4.38. The summed E-state index contributed by atoms with van der Waals surface area (Å²) in [6.45, 7) is 9.16. The summed E-state index contributed by atoms with van der Waals surface area (Å²) in [5, 5.41) is 0. The van der Waals surface area contributed by atoms with Crippen molar-refractivity contribution in [2.75, 3.05) is 24.2 Å². The van der Waals surface area contributed by atoms with Crippen LogP contribution in [0.25, 0.3) is 0 Å². The number of hydrogen-bond acceptors (Lipinski definition) is 4. The van der Waals surface area contributed by atoms with Crippen LogP contribution in [-0.4, -0.2) is 23.6 Å². The van der Waals surface area contributed by atoms with Crippen molar-refractivity contribution in [1.82, 2.24) is 9.97 Å². The Kier molecular flexibility index (Phi) is 3.50. The van der Waals surface area contributed by atoms with Gasteiger partial charge in [-0.05, 0) is 19.8 Å². The van der Waals surface area contributed by atoms with Crippen LogP contribution in [-0.2, 0) is 0 Å². The summed E-state index contributed by atoms with van der Waals surface area (Å²) in [6.07, 6.45) is 0. The van der Waals surface area contributed by atoms with Crippen LogP contribution in [0.2, 0.25) is 0 Å². The summed E-state index contributed by atoms with van der Waals surface area (Å²) >= 11 is 0. The molecule has 1 aromatic rings. The van der Waals surface area contributed by atoms with E-state index in [-0.39, 0.29) is 0 Å². The SMILES string of the molecule is Cc1nc(N)c(C)c(N(C)CC(C)C)n1. The molecule has 0 spiro atoms. The van der Waals surface area contributed by atoms with Gasteiger partial charge in [0, 0.05) is 19.2 Å². The first-order chi connectivity index (χ1) is 6.91. The molecule has 15 heavy (non-hydrogen) atoms. The first-order valence-electron chi connectivity index (χ1n) is 5.23. The van der Waals surface area contributed by atoms with E-state index < -0.39 is 0 Å². The van der Waals surface area contributed by atoms with Crippen molar-refractivity contribution in [3.05, 3.63) is 11.4 Å². The van der Waals surface area contributed by atoms with Gasteiger partial charge in [-0.1, -0.05) is 13.8 Å². The average Bonchev–Trinajstić information content (AvgIpc) is 2.09. The predicted molar refractivity (Wildman–Crippen MR) is 64.0 cm³/mol. The molecule has 0 atom stereocenters. The first-order valence-corrected chi connectivity index (χ1v) is 5.23. The van der Waals surface area contributed by atoms with Crippen molar-refractivity contribution in [2.24, 2.45) is 5.92 Å². The highest BCUT2D eigenvalue weighted by Gasteiger charge is 2.11. The van der Waals surface area contributed by atoms with Gasteiger partial charge in [-0.15, -0.1) is 0 Å². The zero-order chi connectivity index (χ0) is 11.6. The van der Waals surface area contributed by atoms with E-state index in [4.69, 9.17) is 5.73 Å². The van der Waals surface area contributed by atoms with E-state index >= 15 is 0 Å². The largest absolute Gasteiger partial charge is 0.383 e. The number of nitrogens with zero attached hydrogens (tertiary/aromatic N) is 3. The second-order valence-corrected chi connectivity index (χ2v) is 4.38. The molecule has 0 bridgehead atoms. The van der Waals surface area contributed by atoms with Crippen LogP contribution in [0, 0.1) is 19.8 Å². The molecule has 0 radical (unpaired) electrons. The minimum absolute atomic E-state index is 0.577. The molecule has 2 N–H and O–H groups in total. The minimum atomic E-state index is 0.577. The fraction of sp³-hybridized carbons (Fsp3) is 0.636. The molecule has 0 saturated carbocycles. The molecule has 0 aliphatic heterocycles. The maximum absolute atomic E-state index is 5.81. The Morgan fingerprint density at radius 3 is 2.40 bits per heavy atom. The van der Waals surface area contributed by atoms with Crippen molar-refractivity contribution in [3.63, 3.8) is 0 Å². The van der Waals surface area contributed by atoms with Gasteiger partial charge in [-0.2, -0.15) is 0 Å². The molecule has 0 saturated heterocycles. The van der Waals surface area contributed by atoms with Crippen LogP contribution in [0.5, 0.6) is 0 Å². The third-order valence-corrected chi connectivity index (χ3v) is 2.27. The number of anilines is 2. The van der Waals surface area contributed by atoms with E-state index in [1.54, 1.807) is 0 Å². The Bertz CT molecular complexity index is 347. The molecular formula is C11H20N4. The lowest BCUT2D eigenvalue weighted by Gasteiger charge is -2.22. The third-order valence-electron chi connectivity index (χ3n) is 2.27. The van der Waals surface area contributed by atoms with Gasteiger partial charge in [0.1, 0.15) is 17.5 Å². The quantitative estimate of drug-likeness (QED) is 0.822. The normalized spacial score (nSPS) is 10.8. The van der Waals surface area contributed by atoms with Crippen LogP contribution in [0.4, 0.5) is 11.6 Å². The van der Waals surface area contributed by atoms with Gasteiger partial charge in [0.15, 0.2) is 0 Å². The van der Waals surface area contributed by atoms with Crippen LogP contribution in [0.3, 0.4) is 0 Å². The summed E-state index contributed by atoms with van der Waals surface area (Å²) < 4.78 is 0. The van der Waals surface area contributed by atoms with Crippen molar-refractivity contribution in [1.29, 1.82) is 0 Å². The predicted octanol–water partition coefficient (Wildman–Crippen LogP) is 1.77. The molecule has 0 aromatic carbocycles. The molecular weight excluding hydrogens is 188 g/mol. The highest BCUT2D eigenvalue weighted by atomic mass is 15.2. The molecule has 0 aliphatic rings. The highest BCUT2D eigenvalue weighted by molar-refractivity contribution is 5.55.